The van der Waals surface area contributed by atoms with Gasteiger partial charge in [-0.3, -0.25) is 0 Å². The highest BCUT2D eigenvalue weighted by Gasteiger charge is 2.23. The average molecular weight is 196 g/mol. The lowest BCUT2D eigenvalue weighted by Gasteiger charge is -2.17. The summed E-state index contributed by atoms with van der Waals surface area (Å²) < 4.78 is 22.8. The van der Waals surface area contributed by atoms with E-state index in [4.69, 9.17) is 9.47 Å². The summed E-state index contributed by atoms with van der Waals surface area (Å²) in [6, 6.07) is 2.53. The molecule has 14 heavy (non-hydrogen) atoms. The Hall–Kier alpha value is -1.58. The van der Waals surface area contributed by atoms with Crippen molar-refractivity contribution in [2.24, 2.45) is 0 Å². The lowest BCUT2D eigenvalue weighted by Crippen LogP contribution is -2.18. The van der Waals surface area contributed by atoms with Gasteiger partial charge in [0.15, 0.2) is 0 Å². The maximum Gasteiger partial charge on any atom is 0.342 e. The quantitative estimate of drug-likeness (QED) is 0.639. The number of methoxy groups -OCH3 is 1. The number of ether oxygens (including phenoxy) is 2. The first-order valence-corrected chi connectivity index (χ1v) is 4.26. The van der Waals surface area contributed by atoms with Gasteiger partial charge in [0, 0.05) is 12.5 Å². The molecule has 1 aromatic carbocycles. The van der Waals surface area contributed by atoms with Gasteiger partial charge in [0.2, 0.25) is 0 Å². The van der Waals surface area contributed by atoms with Gasteiger partial charge in [-0.25, -0.2) is 9.18 Å². The molecule has 0 atom stereocenters. The van der Waals surface area contributed by atoms with Gasteiger partial charge < -0.3 is 9.47 Å². The van der Waals surface area contributed by atoms with Crippen LogP contribution in [0.5, 0.6) is 5.75 Å². The molecule has 3 nitrogen and oxygen atoms in total. The number of carbonyl (C=O) groups excluding carboxylic acids is 1. The Morgan fingerprint density at radius 3 is 3.00 bits per heavy atom. The Labute approximate surface area is 80.4 Å². The van der Waals surface area contributed by atoms with Gasteiger partial charge in [-0.15, -0.1) is 0 Å². The summed E-state index contributed by atoms with van der Waals surface area (Å²) in [6.07, 6.45) is 0.537. The number of cyclic esters (lactones) is 1. The van der Waals surface area contributed by atoms with E-state index in [9.17, 15) is 9.18 Å². The molecule has 0 unspecified atom stereocenters. The van der Waals surface area contributed by atoms with E-state index >= 15 is 0 Å². The number of hydrogen-bond donors (Lipinski definition) is 0. The van der Waals surface area contributed by atoms with Crippen LogP contribution in [0.15, 0.2) is 12.1 Å². The normalized spacial score (nSPS) is 14.6. The van der Waals surface area contributed by atoms with Crippen molar-refractivity contribution in [3.63, 3.8) is 0 Å². The molecule has 1 aromatic rings. The van der Waals surface area contributed by atoms with Crippen molar-refractivity contribution in [2.45, 2.75) is 6.42 Å². The molecule has 2 rings (SSSR count). The van der Waals surface area contributed by atoms with Gasteiger partial charge in [0.25, 0.3) is 0 Å². The van der Waals surface area contributed by atoms with E-state index in [0.717, 1.165) is 0 Å². The average Bonchev–Trinajstić information content (AvgIpc) is 2.16. The molecule has 1 aliphatic heterocycles. The number of esters is 1. The van der Waals surface area contributed by atoms with Crippen molar-refractivity contribution < 1.29 is 18.7 Å². The third-order valence-corrected chi connectivity index (χ3v) is 2.18. The second kappa shape index (κ2) is 3.29. The van der Waals surface area contributed by atoms with E-state index in [1.807, 2.05) is 0 Å². The number of hydrogen-bond acceptors (Lipinski definition) is 3. The summed E-state index contributed by atoms with van der Waals surface area (Å²) >= 11 is 0. The van der Waals surface area contributed by atoms with Gasteiger partial charge in [0.05, 0.1) is 13.7 Å². The van der Waals surface area contributed by atoms with Crippen LogP contribution in [0.2, 0.25) is 0 Å². The highest BCUT2D eigenvalue weighted by atomic mass is 19.1. The van der Waals surface area contributed by atoms with Crippen LogP contribution in [-0.2, 0) is 11.2 Å². The number of carbonyl (C=O) groups is 1. The standard InChI is InChI=1S/C10H9FO3/c1-13-8-5-7(11)4-6-2-3-14-10(12)9(6)8/h4-5H,2-3H2,1H3. The second-order valence-corrected chi connectivity index (χ2v) is 3.03. The fraction of sp³-hybridized carbons (Fsp3) is 0.300. The molecule has 0 fully saturated rings. The van der Waals surface area contributed by atoms with E-state index < -0.39 is 11.8 Å². The molecule has 0 bridgehead atoms. The number of fused-ring (bicyclic) bond motifs is 1. The first-order valence-electron chi connectivity index (χ1n) is 4.26. The molecular formula is C10H9FO3. The van der Waals surface area contributed by atoms with E-state index in [-0.39, 0.29) is 5.75 Å². The van der Waals surface area contributed by atoms with Gasteiger partial charge in [0.1, 0.15) is 17.1 Å². The predicted molar refractivity (Wildman–Crippen MR) is 46.9 cm³/mol. The van der Waals surface area contributed by atoms with Crippen molar-refractivity contribution in [1.82, 2.24) is 0 Å². The zero-order chi connectivity index (χ0) is 10.1. The van der Waals surface area contributed by atoms with Crippen LogP contribution in [-0.4, -0.2) is 19.7 Å². The van der Waals surface area contributed by atoms with Crippen molar-refractivity contribution in [3.8, 4) is 5.75 Å². The number of rotatable bonds is 1. The molecule has 4 heteroatoms. The Morgan fingerprint density at radius 2 is 2.29 bits per heavy atom. The SMILES string of the molecule is COc1cc(F)cc2c1C(=O)OCC2. The third-order valence-electron chi connectivity index (χ3n) is 2.18. The Bertz CT molecular complexity index is 370. The summed E-state index contributed by atoms with van der Waals surface area (Å²) in [5.74, 6) is -0.594. The van der Waals surface area contributed by atoms with Crippen molar-refractivity contribution in [2.75, 3.05) is 13.7 Å². The van der Waals surface area contributed by atoms with Gasteiger partial charge in [-0.1, -0.05) is 0 Å². The molecule has 0 aliphatic carbocycles. The van der Waals surface area contributed by atoms with E-state index in [0.29, 0.717) is 24.2 Å². The van der Waals surface area contributed by atoms with Gasteiger partial charge in [-0.05, 0) is 11.6 Å². The zero-order valence-electron chi connectivity index (χ0n) is 7.67. The zero-order valence-corrected chi connectivity index (χ0v) is 7.67. The van der Waals surface area contributed by atoms with Crippen LogP contribution < -0.4 is 4.74 Å². The fourth-order valence-corrected chi connectivity index (χ4v) is 1.55. The van der Waals surface area contributed by atoms with Crippen LogP contribution >= 0.6 is 0 Å². The molecule has 1 aliphatic rings. The van der Waals surface area contributed by atoms with Crippen LogP contribution in [0, 0.1) is 5.82 Å². The molecule has 0 radical (unpaired) electrons. The first-order chi connectivity index (χ1) is 6.72. The predicted octanol–water partition coefficient (Wildman–Crippen LogP) is 1.55. The molecule has 0 spiro atoms. The van der Waals surface area contributed by atoms with Crippen molar-refractivity contribution in [1.29, 1.82) is 0 Å². The maximum atomic E-state index is 13.0. The molecule has 0 aromatic heterocycles. The highest BCUT2D eigenvalue weighted by molar-refractivity contribution is 5.95. The van der Waals surface area contributed by atoms with Crippen LogP contribution in [0.3, 0.4) is 0 Å². The topological polar surface area (TPSA) is 35.5 Å². The second-order valence-electron chi connectivity index (χ2n) is 3.03. The molecule has 0 saturated carbocycles. The number of benzene rings is 1. The summed E-state index contributed by atoms with van der Waals surface area (Å²) in [5.41, 5.74) is 0.998. The minimum atomic E-state index is -0.442. The van der Waals surface area contributed by atoms with Crippen LogP contribution in [0.1, 0.15) is 15.9 Å². The largest absolute Gasteiger partial charge is 0.496 e. The number of halogens is 1. The summed E-state index contributed by atoms with van der Waals surface area (Å²) in [7, 11) is 1.40. The third kappa shape index (κ3) is 1.32. The summed E-state index contributed by atoms with van der Waals surface area (Å²) in [6.45, 7) is 0.304. The molecule has 1 heterocycles. The lowest BCUT2D eigenvalue weighted by molar-refractivity contribution is 0.0475. The van der Waals surface area contributed by atoms with Gasteiger partial charge in [-0.2, -0.15) is 0 Å². The fourth-order valence-electron chi connectivity index (χ4n) is 1.55. The maximum absolute atomic E-state index is 13.0. The summed E-state index contributed by atoms with van der Waals surface area (Å²) in [5, 5.41) is 0. The first kappa shape index (κ1) is 8.99. The van der Waals surface area contributed by atoms with Crippen LogP contribution in [0.25, 0.3) is 0 Å². The van der Waals surface area contributed by atoms with E-state index in [1.54, 1.807) is 0 Å². The minimum Gasteiger partial charge on any atom is -0.496 e. The van der Waals surface area contributed by atoms with Crippen molar-refractivity contribution >= 4 is 5.97 Å². The van der Waals surface area contributed by atoms with Crippen molar-refractivity contribution in [3.05, 3.63) is 29.1 Å². The molecule has 0 amide bonds. The van der Waals surface area contributed by atoms with Gasteiger partial charge >= 0.3 is 5.97 Å². The highest BCUT2D eigenvalue weighted by Crippen LogP contribution is 2.27. The molecule has 74 valence electrons. The summed E-state index contributed by atoms with van der Waals surface area (Å²) in [4.78, 5) is 11.4. The minimum absolute atomic E-state index is 0.240. The molecule has 0 N–H and O–H groups in total. The molecule has 0 saturated heterocycles. The Kier molecular flexibility index (Phi) is 2.11. The monoisotopic (exact) mass is 196 g/mol. The Balaban J connectivity index is 2.61. The van der Waals surface area contributed by atoms with E-state index in [1.165, 1.54) is 19.2 Å². The Morgan fingerprint density at radius 1 is 1.50 bits per heavy atom. The lowest BCUT2D eigenvalue weighted by atomic mass is 10.0. The van der Waals surface area contributed by atoms with E-state index in [2.05, 4.69) is 0 Å². The smallest absolute Gasteiger partial charge is 0.342 e. The molecular weight excluding hydrogens is 187 g/mol. The van der Waals surface area contributed by atoms with Crippen LogP contribution in [0.4, 0.5) is 4.39 Å².